The summed E-state index contributed by atoms with van der Waals surface area (Å²) < 4.78 is 26.6. The van der Waals surface area contributed by atoms with Crippen molar-refractivity contribution in [2.45, 2.75) is 31.7 Å². The molecule has 108 valence electrons. The molecular formula is C13H21BrN2O2S. The smallest absolute Gasteiger partial charge is 0.242 e. The van der Waals surface area contributed by atoms with Gasteiger partial charge in [0.2, 0.25) is 10.0 Å². The van der Waals surface area contributed by atoms with Gasteiger partial charge in [-0.3, -0.25) is 0 Å². The first kappa shape index (κ1) is 16.6. The number of rotatable bonds is 6. The molecule has 0 atom stereocenters. The van der Waals surface area contributed by atoms with E-state index in [1.165, 1.54) is 4.31 Å². The van der Waals surface area contributed by atoms with Crippen molar-refractivity contribution in [3.05, 3.63) is 27.7 Å². The maximum absolute atomic E-state index is 12.3. The normalized spacial score (nSPS) is 12.1. The molecule has 6 heteroatoms. The van der Waals surface area contributed by atoms with Crippen molar-refractivity contribution >= 4 is 26.0 Å². The van der Waals surface area contributed by atoms with Crippen LogP contribution in [0.2, 0.25) is 0 Å². The molecule has 0 aliphatic carbocycles. The maximum Gasteiger partial charge on any atom is 0.242 e. The molecule has 0 amide bonds. The van der Waals surface area contributed by atoms with E-state index in [0.717, 1.165) is 28.6 Å². The number of nitrogens with zero attached hydrogens (tertiary/aromatic N) is 1. The molecule has 0 aliphatic rings. The zero-order chi connectivity index (χ0) is 14.6. The molecule has 0 heterocycles. The summed E-state index contributed by atoms with van der Waals surface area (Å²) in [5.41, 5.74) is 1.71. The summed E-state index contributed by atoms with van der Waals surface area (Å²) in [5, 5.41) is 3.28. The van der Waals surface area contributed by atoms with E-state index in [9.17, 15) is 8.42 Å². The van der Waals surface area contributed by atoms with E-state index in [-0.39, 0.29) is 0 Å². The Balaban J connectivity index is 3.18. The summed E-state index contributed by atoms with van der Waals surface area (Å²) in [6, 6.07) is 3.71. The standard InChI is InChI=1S/C13H21BrN2O2S/c1-5-6-15-9-11-7-12(14)10(2)13(8-11)19(17,18)16(3)4/h7-8,15H,5-6,9H2,1-4H3. The third kappa shape index (κ3) is 4.02. The fourth-order valence-electron chi connectivity index (χ4n) is 1.68. The fraction of sp³-hybridized carbons (Fsp3) is 0.538. The molecule has 0 saturated heterocycles. The van der Waals surface area contributed by atoms with Crippen LogP contribution in [0.3, 0.4) is 0 Å². The van der Waals surface area contributed by atoms with E-state index in [0.29, 0.717) is 11.4 Å². The third-order valence-corrected chi connectivity index (χ3v) is 5.64. The Hall–Kier alpha value is -0.430. The van der Waals surface area contributed by atoms with Gasteiger partial charge < -0.3 is 5.32 Å². The van der Waals surface area contributed by atoms with Gasteiger partial charge in [-0.25, -0.2) is 12.7 Å². The van der Waals surface area contributed by atoms with Gasteiger partial charge in [-0.1, -0.05) is 22.9 Å². The van der Waals surface area contributed by atoms with Gasteiger partial charge in [0.05, 0.1) is 4.90 Å². The predicted octanol–water partition coefficient (Wildman–Crippen LogP) is 2.51. The summed E-state index contributed by atoms with van der Waals surface area (Å²) in [6.45, 7) is 5.49. The molecule has 1 aromatic carbocycles. The van der Waals surface area contributed by atoms with Crippen LogP contribution in [0.5, 0.6) is 0 Å². The van der Waals surface area contributed by atoms with Gasteiger partial charge in [-0.15, -0.1) is 0 Å². The van der Waals surface area contributed by atoms with Crippen LogP contribution < -0.4 is 5.32 Å². The van der Waals surface area contributed by atoms with E-state index >= 15 is 0 Å². The van der Waals surface area contributed by atoms with E-state index in [1.807, 2.05) is 13.0 Å². The Morgan fingerprint density at radius 3 is 2.47 bits per heavy atom. The van der Waals surface area contributed by atoms with Crippen LogP contribution in [0, 0.1) is 6.92 Å². The Bertz CT molecular complexity index is 542. The second-order valence-electron chi connectivity index (χ2n) is 4.66. The largest absolute Gasteiger partial charge is 0.313 e. The summed E-state index contributed by atoms with van der Waals surface area (Å²) in [7, 11) is -0.315. The Kier molecular flexibility index (Phi) is 5.98. The van der Waals surface area contributed by atoms with Crippen molar-refractivity contribution in [2.75, 3.05) is 20.6 Å². The maximum atomic E-state index is 12.3. The zero-order valence-corrected chi connectivity index (χ0v) is 14.2. The first-order chi connectivity index (χ1) is 8.80. The summed E-state index contributed by atoms with van der Waals surface area (Å²) in [4.78, 5) is 0.361. The van der Waals surface area contributed by atoms with Gasteiger partial charge in [-0.05, 0) is 43.1 Å². The highest BCUT2D eigenvalue weighted by molar-refractivity contribution is 9.10. The number of benzene rings is 1. The van der Waals surface area contributed by atoms with Crippen LogP contribution in [0.25, 0.3) is 0 Å². The van der Waals surface area contributed by atoms with Crippen LogP contribution in [0.15, 0.2) is 21.5 Å². The average Bonchev–Trinajstić information content (AvgIpc) is 2.33. The molecule has 0 saturated carbocycles. The molecule has 19 heavy (non-hydrogen) atoms. The average molecular weight is 349 g/mol. The molecule has 1 rings (SSSR count). The van der Waals surface area contributed by atoms with E-state index in [1.54, 1.807) is 20.2 Å². The van der Waals surface area contributed by atoms with Crippen LogP contribution in [-0.2, 0) is 16.6 Å². The molecule has 1 aromatic rings. The minimum atomic E-state index is -3.41. The monoisotopic (exact) mass is 348 g/mol. The molecular weight excluding hydrogens is 328 g/mol. The lowest BCUT2D eigenvalue weighted by molar-refractivity contribution is 0.520. The second kappa shape index (κ2) is 6.83. The van der Waals surface area contributed by atoms with Crippen LogP contribution in [0.1, 0.15) is 24.5 Å². The number of hydrogen-bond donors (Lipinski definition) is 1. The molecule has 1 N–H and O–H groups in total. The minimum Gasteiger partial charge on any atom is -0.313 e. The van der Waals surface area contributed by atoms with E-state index in [2.05, 4.69) is 28.2 Å². The highest BCUT2D eigenvalue weighted by atomic mass is 79.9. The molecule has 4 nitrogen and oxygen atoms in total. The van der Waals surface area contributed by atoms with E-state index < -0.39 is 10.0 Å². The SMILES string of the molecule is CCCNCc1cc(Br)c(C)c(S(=O)(=O)N(C)C)c1. The molecule has 0 aromatic heterocycles. The third-order valence-electron chi connectivity index (χ3n) is 2.87. The minimum absolute atomic E-state index is 0.361. The summed E-state index contributed by atoms with van der Waals surface area (Å²) in [6.07, 6.45) is 1.05. The Morgan fingerprint density at radius 2 is 1.95 bits per heavy atom. The number of halogens is 1. The highest BCUT2D eigenvalue weighted by Crippen LogP contribution is 2.27. The lowest BCUT2D eigenvalue weighted by Crippen LogP contribution is -2.23. The van der Waals surface area contributed by atoms with Crippen LogP contribution in [-0.4, -0.2) is 33.4 Å². The van der Waals surface area contributed by atoms with Gasteiger partial charge in [0.1, 0.15) is 0 Å². The van der Waals surface area contributed by atoms with E-state index in [4.69, 9.17) is 0 Å². The first-order valence-electron chi connectivity index (χ1n) is 6.23. The lowest BCUT2D eigenvalue weighted by atomic mass is 10.1. The lowest BCUT2D eigenvalue weighted by Gasteiger charge is -2.16. The summed E-state index contributed by atoms with van der Waals surface area (Å²) >= 11 is 3.44. The topological polar surface area (TPSA) is 49.4 Å². The van der Waals surface area contributed by atoms with Crippen molar-refractivity contribution in [2.24, 2.45) is 0 Å². The van der Waals surface area contributed by atoms with Crippen molar-refractivity contribution in [1.29, 1.82) is 0 Å². The van der Waals surface area contributed by atoms with Crippen molar-refractivity contribution in [3.8, 4) is 0 Å². The number of sulfonamides is 1. The van der Waals surface area contributed by atoms with Gasteiger partial charge >= 0.3 is 0 Å². The van der Waals surface area contributed by atoms with Gasteiger partial charge in [0.25, 0.3) is 0 Å². The van der Waals surface area contributed by atoms with Crippen molar-refractivity contribution in [1.82, 2.24) is 9.62 Å². The van der Waals surface area contributed by atoms with Crippen LogP contribution in [0.4, 0.5) is 0 Å². The molecule has 0 spiro atoms. The second-order valence-corrected chi connectivity index (χ2v) is 7.64. The Morgan fingerprint density at radius 1 is 1.32 bits per heavy atom. The first-order valence-corrected chi connectivity index (χ1v) is 8.46. The zero-order valence-electron chi connectivity index (χ0n) is 11.8. The Labute approximate surface area is 124 Å². The molecule has 0 aliphatic heterocycles. The fourth-order valence-corrected chi connectivity index (χ4v) is 3.51. The quantitative estimate of drug-likeness (QED) is 0.803. The van der Waals surface area contributed by atoms with Gasteiger partial charge in [-0.2, -0.15) is 0 Å². The molecule has 0 unspecified atom stereocenters. The van der Waals surface area contributed by atoms with Gasteiger partial charge in [0.15, 0.2) is 0 Å². The van der Waals surface area contributed by atoms with Crippen molar-refractivity contribution < 1.29 is 8.42 Å². The summed E-state index contributed by atoms with van der Waals surface area (Å²) in [5.74, 6) is 0. The van der Waals surface area contributed by atoms with Crippen LogP contribution >= 0.6 is 15.9 Å². The molecule has 0 fully saturated rings. The molecule has 0 radical (unpaired) electrons. The number of nitrogens with one attached hydrogen (secondary N) is 1. The number of hydrogen-bond acceptors (Lipinski definition) is 3. The molecule has 0 bridgehead atoms. The predicted molar refractivity (Wildman–Crippen MR) is 81.7 cm³/mol. The highest BCUT2D eigenvalue weighted by Gasteiger charge is 2.21. The van der Waals surface area contributed by atoms with Gasteiger partial charge in [0, 0.05) is 25.1 Å². The van der Waals surface area contributed by atoms with Crippen molar-refractivity contribution in [3.63, 3.8) is 0 Å².